The molecule has 2 aliphatic rings. The molecule has 0 aromatic heterocycles. The molecule has 0 radical (unpaired) electrons. The lowest BCUT2D eigenvalue weighted by molar-refractivity contribution is -0.254. The second-order valence-corrected chi connectivity index (χ2v) is 5.21. The average molecular weight is 289 g/mol. The van der Waals surface area contributed by atoms with Crippen molar-refractivity contribution in [1.29, 1.82) is 0 Å². The van der Waals surface area contributed by atoms with E-state index in [9.17, 15) is 18.3 Å². The van der Waals surface area contributed by atoms with Crippen LogP contribution >= 0.6 is 12.4 Å². The summed E-state index contributed by atoms with van der Waals surface area (Å²) in [6.07, 6.45) is -2.67. The fourth-order valence-electron chi connectivity index (χ4n) is 2.69. The number of rotatable bonds is 2. The quantitative estimate of drug-likeness (QED) is 0.806. The van der Waals surface area contributed by atoms with Crippen LogP contribution in [-0.4, -0.2) is 54.5 Å². The highest BCUT2D eigenvalue weighted by Gasteiger charge is 2.56. The first-order valence-electron chi connectivity index (χ1n) is 6.13. The number of alkyl halides is 3. The maximum Gasteiger partial charge on any atom is 0.418 e. The van der Waals surface area contributed by atoms with E-state index in [1.807, 2.05) is 0 Å². The predicted molar refractivity (Wildman–Crippen MR) is 64.9 cm³/mol. The molecule has 18 heavy (non-hydrogen) atoms. The Morgan fingerprint density at radius 1 is 1.28 bits per heavy atom. The molecular weight excluding hydrogens is 269 g/mol. The number of hydrogen-bond donors (Lipinski definition) is 2. The third-order valence-corrected chi connectivity index (χ3v) is 3.83. The minimum absolute atomic E-state index is 0. The van der Waals surface area contributed by atoms with E-state index in [2.05, 4.69) is 5.32 Å². The van der Waals surface area contributed by atoms with Gasteiger partial charge in [-0.05, 0) is 38.3 Å². The van der Waals surface area contributed by atoms with Gasteiger partial charge in [-0.15, -0.1) is 12.4 Å². The maximum absolute atomic E-state index is 12.6. The lowest BCUT2D eigenvalue weighted by Gasteiger charge is -2.29. The van der Waals surface area contributed by atoms with Gasteiger partial charge >= 0.3 is 6.18 Å². The number of piperidine rings is 1. The summed E-state index contributed by atoms with van der Waals surface area (Å²) >= 11 is 0. The Morgan fingerprint density at radius 2 is 1.89 bits per heavy atom. The summed E-state index contributed by atoms with van der Waals surface area (Å²) in [5.41, 5.74) is -2.49. The van der Waals surface area contributed by atoms with E-state index < -0.39 is 11.8 Å². The third-order valence-electron chi connectivity index (χ3n) is 3.83. The maximum atomic E-state index is 12.6. The molecule has 0 aromatic rings. The highest BCUT2D eigenvalue weighted by Crippen LogP contribution is 2.37. The molecule has 2 N–H and O–H groups in total. The van der Waals surface area contributed by atoms with Crippen LogP contribution in [0.3, 0.4) is 0 Å². The van der Waals surface area contributed by atoms with Crippen molar-refractivity contribution in [2.75, 3.05) is 32.7 Å². The van der Waals surface area contributed by atoms with Crippen molar-refractivity contribution in [3.05, 3.63) is 0 Å². The standard InChI is InChI=1S/C11H19F3N2O.ClH/c12-11(13,14)10(17)3-6-16(8-10)7-9-1-4-15-5-2-9;/h9,15,17H,1-8H2;1H. The van der Waals surface area contributed by atoms with Crippen LogP contribution in [-0.2, 0) is 0 Å². The topological polar surface area (TPSA) is 35.5 Å². The molecule has 7 heteroatoms. The Morgan fingerprint density at radius 3 is 2.39 bits per heavy atom. The van der Waals surface area contributed by atoms with Gasteiger partial charge in [-0.2, -0.15) is 13.2 Å². The number of nitrogens with one attached hydrogen (secondary N) is 1. The number of halogens is 4. The van der Waals surface area contributed by atoms with Crippen molar-refractivity contribution in [1.82, 2.24) is 10.2 Å². The Labute approximate surface area is 111 Å². The van der Waals surface area contributed by atoms with Crippen LogP contribution in [0.2, 0.25) is 0 Å². The molecule has 0 spiro atoms. The van der Waals surface area contributed by atoms with E-state index in [0.29, 0.717) is 19.0 Å². The van der Waals surface area contributed by atoms with E-state index in [4.69, 9.17) is 0 Å². The van der Waals surface area contributed by atoms with E-state index in [1.54, 1.807) is 4.90 Å². The lowest BCUT2D eigenvalue weighted by Crippen LogP contribution is -2.48. The Hall–Kier alpha value is -0.0400. The van der Waals surface area contributed by atoms with Crippen molar-refractivity contribution < 1.29 is 18.3 Å². The number of aliphatic hydroxyl groups is 1. The van der Waals surface area contributed by atoms with E-state index in [-0.39, 0.29) is 25.4 Å². The predicted octanol–water partition coefficient (Wildman–Crippen LogP) is 1.41. The molecule has 0 saturated carbocycles. The zero-order valence-corrected chi connectivity index (χ0v) is 11.0. The van der Waals surface area contributed by atoms with Gasteiger partial charge in [0.2, 0.25) is 0 Å². The van der Waals surface area contributed by atoms with Crippen LogP contribution < -0.4 is 5.32 Å². The Kier molecular flexibility index (Phi) is 5.29. The summed E-state index contributed by atoms with van der Waals surface area (Å²) in [6, 6.07) is 0. The number of nitrogens with zero attached hydrogens (tertiary/aromatic N) is 1. The van der Waals surface area contributed by atoms with Crippen LogP contribution in [0, 0.1) is 5.92 Å². The normalized spacial score (nSPS) is 31.3. The Balaban J connectivity index is 0.00000162. The molecule has 1 unspecified atom stereocenters. The molecule has 3 nitrogen and oxygen atoms in total. The molecule has 2 saturated heterocycles. The third kappa shape index (κ3) is 3.50. The number of likely N-dealkylation sites (tertiary alicyclic amines) is 1. The first-order chi connectivity index (χ1) is 7.91. The summed E-state index contributed by atoms with van der Waals surface area (Å²) in [7, 11) is 0. The monoisotopic (exact) mass is 288 g/mol. The molecule has 2 aliphatic heterocycles. The molecule has 0 aliphatic carbocycles. The average Bonchev–Trinajstić information content (AvgIpc) is 2.62. The minimum atomic E-state index is -4.50. The van der Waals surface area contributed by atoms with Crippen molar-refractivity contribution in [3.63, 3.8) is 0 Å². The van der Waals surface area contributed by atoms with Crippen molar-refractivity contribution in [2.24, 2.45) is 5.92 Å². The van der Waals surface area contributed by atoms with Crippen molar-refractivity contribution in [3.8, 4) is 0 Å². The summed E-state index contributed by atoms with van der Waals surface area (Å²) < 4.78 is 37.8. The zero-order chi connectivity index (χ0) is 12.5. The second-order valence-electron chi connectivity index (χ2n) is 5.21. The molecule has 0 aromatic carbocycles. The highest BCUT2D eigenvalue weighted by atomic mass is 35.5. The summed E-state index contributed by atoms with van der Waals surface area (Å²) in [4.78, 5) is 1.75. The first-order valence-corrected chi connectivity index (χ1v) is 6.13. The van der Waals surface area contributed by atoms with Crippen LogP contribution in [0.4, 0.5) is 13.2 Å². The zero-order valence-electron chi connectivity index (χ0n) is 10.2. The first kappa shape index (κ1) is 16.0. The molecule has 108 valence electrons. The highest BCUT2D eigenvalue weighted by molar-refractivity contribution is 5.85. The van der Waals surface area contributed by atoms with Gasteiger partial charge in [0.25, 0.3) is 0 Å². The van der Waals surface area contributed by atoms with Gasteiger partial charge in [-0.25, -0.2) is 0 Å². The largest absolute Gasteiger partial charge is 0.418 e. The summed E-state index contributed by atoms with van der Waals surface area (Å²) in [5, 5.41) is 12.8. The molecule has 0 amide bonds. The van der Waals surface area contributed by atoms with Gasteiger partial charge < -0.3 is 10.4 Å². The van der Waals surface area contributed by atoms with Crippen LogP contribution in [0.1, 0.15) is 19.3 Å². The molecule has 1 atom stereocenters. The molecule has 2 fully saturated rings. The molecule has 2 rings (SSSR count). The molecule has 0 bridgehead atoms. The van der Waals surface area contributed by atoms with Crippen LogP contribution in [0.25, 0.3) is 0 Å². The van der Waals surface area contributed by atoms with Crippen LogP contribution in [0.5, 0.6) is 0 Å². The van der Waals surface area contributed by atoms with E-state index in [0.717, 1.165) is 25.9 Å². The summed E-state index contributed by atoms with van der Waals surface area (Å²) in [6.45, 7) is 2.66. The van der Waals surface area contributed by atoms with Gasteiger partial charge in [0.15, 0.2) is 5.60 Å². The number of β-amino-alcohol motifs (C(OH)–C–C–N with tert-alkyl or cyclic N) is 1. The lowest BCUT2D eigenvalue weighted by atomic mass is 9.97. The fraction of sp³-hybridized carbons (Fsp3) is 1.00. The molecule has 2 heterocycles. The van der Waals surface area contributed by atoms with Gasteiger partial charge in [0, 0.05) is 19.6 Å². The van der Waals surface area contributed by atoms with Crippen molar-refractivity contribution in [2.45, 2.75) is 31.0 Å². The number of hydrogen-bond acceptors (Lipinski definition) is 3. The molecular formula is C11H20ClF3N2O. The van der Waals surface area contributed by atoms with E-state index in [1.165, 1.54) is 0 Å². The van der Waals surface area contributed by atoms with Gasteiger partial charge in [-0.1, -0.05) is 0 Å². The second kappa shape index (κ2) is 5.94. The van der Waals surface area contributed by atoms with Crippen LogP contribution in [0.15, 0.2) is 0 Å². The Bertz CT molecular complexity index is 272. The fourth-order valence-corrected chi connectivity index (χ4v) is 2.69. The minimum Gasteiger partial charge on any atom is -0.379 e. The smallest absolute Gasteiger partial charge is 0.379 e. The SMILES string of the molecule is Cl.OC1(C(F)(F)F)CCN(CC2CCNCC2)C1. The van der Waals surface area contributed by atoms with Gasteiger partial charge in [-0.3, -0.25) is 4.90 Å². The van der Waals surface area contributed by atoms with Gasteiger partial charge in [0.05, 0.1) is 0 Å². The summed E-state index contributed by atoms with van der Waals surface area (Å²) in [5.74, 6) is 0.465. The van der Waals surface area contributed by atoms with E-state index >= 15 is 0 Å². The van der Waals surface area contributed by atoms with Gasteiger partial charge in [0.1, 0.15) is 0 Å². The van der Waals surface area contributed by atoms with Crippen molar-refractivity contribution >= 4 is 12.4 Å².